The zero-order valence-corrected chi connectivity index (χ0v) is 13.8. The van der Waals surface area contributed by atoms with Gasteiger partial charge in [-0.05, 0) is 50.6 Å². The minimum atomic E-state index is -3.65. The first-order valence-electron chi connectivity index (χ1n) is 7.20. The second kappa shape index (κ2) is 6.98. The Hall–Kier alpha value is -1.79. The number of nitrogens with one attached hydrogen (secondary N) is 1. The maximum Gasteiger partial charge on any atom is 0.244 e. The van der Waals surface area contributed by atoms with Gasteiger partial charge in [-0.25, -0.2) is 13.1 Å². The second-order valence-corrected chi connectivity index (χ2v) is 6.87. The minimum Gasteiger partial charge on any atom is -0.492 e. The average molecular weight is 323 g/mol. The quantitative estimate of drug-likeness (QED) is 0.850. The van der Waals surface area contributed by atoms with E-state index in [4.69, 9.17) is 9.15 Å². The van der Waals surface area contributed by atoms with Gasteiger partial charge < -0.3 is 9.15 Å². The lowest BCUT2D eigenvalue weighted by Gasteiger charge is -2.16. The Bertz CT molecular complexity index is 708. The van der Waals surface area contributed by atoms with Gasteiger partial charge in [0, 0.05) is 12.5 Å². The molecule has 5 nitrogen and oxygen atoms in total. The molecule has 2 aromatic rings. The number of furan rings is 1. The molecule has 1 atom stereocenters. The van der Waals surface area contributed by atoms with Gasteiger partial charge in [-0.15, -0.1) is 0 Å². The summed E-state index contributed by atoms with van der Waals surface area (Å²) in [5.41, 5.74) is 0.863. The Balaban J connectivity index is 2.20. The molecular formula is C16H21NO4S. The van der Waals surface area contributed by atoms with Crippen molar-refractivity contribution in [1.82, 2.24) is 4.72 Å². The smallest absolute Gasteiger partial charge is 0.244 e. The predicted octanol–water partition coefficient (Wildman–Crippen LogP) is 2.90. The topological polar surface area (TPSA) is 68.5 Å². The highest BCUT2D eigenvalue weighted by molar-refractivity contribution is 7.89. The molecule has 120 valence electrons. The van der Waals surface area contributed by atoms with E-state index in [1.165, 1.54) is 0 Å². The van der Waals surface area contributed by atoms with Crippen LogP contribution in [0.25, 0.3) is 0 Å². The molecule has 0 radical (unpaired) electrons. The van der Waals surface area contributed by atoms with Gasteiger partial charge in [-0.3, -0.25) is 0 Å². The van der Waals surface area contributed by atoms with Gasteiger partial charge >= 0.3 is 0 Å². The van der Waals surface area contributed by atoms with Crippen LogP contribution in [0.5, 0.6) is 5.75 Å². The average Bonchev–Trinajstić information content (AvgIpc) is 2.93. The van der Waals surface area contributed by atoms with Crippen LogP contribution in [0.3, 0.4) is 0 Å². The Kier molecular flexibility index (Phi) is 5.26. The third kappa shape index (κ3) is 4.11. The second-order valence-electron chi connectivity index (χ2n) is 5.19. The van der Waals surface area contributed by atoms with E-state index in [0.29, 0.717) is 18.8 Å². The first-order valence-corrected chi connectivity index (χ1v) is 8.69. The summed E-state index contributed by atoms with van der Waals surface area (Å²) >= 11 is 0. The van der Waals surface area contributed by atoms with Crippen molar-refractivity contribution in [3.8, 4) is 5.75 Å². The summed E-state index contributed by atoms with van der Waals surface area (Å²) in [6.07, 6.45) is 2.06. The van der Waals surface area contributed by atoms with Crippen molar-refractivity contribution >= 4 is 10.0 Å². The molecule has 1 aromatic heterocycles. The van der Waals surface area contributed by atoms with Crippen LogP contribution in [-0.2, 0) is 16.4 Å². The van der Waals surface area contributed by atoms with Gasteiger partial charge in [0.15, 0.2) is 0 Å². The molecule has 0 bridgehead atoms. The van der Waals surface area contributed by atoms with E-state index in [9.17, 15) is 8.42 Å². The van der Waals surface area contributed by atoms with Crippen molar-refractivity contribution in [2.45, 2.75) is 38.1 Å². The zero-order valence-electron chi connectivity index (χ0n) is 13.0. The van der Waals surface area contributed by atoms with Crippen LogP contribution in [0, 0.1) is 6.92 Å². The van der Waals surface area contributed by atoms with Gasteiger partial charge in [0.2, 0.25) is 10.0 Å². The highest BCUT2D eigenvalue weighted by Gasteiger charge is 2.22. The number of hydrogen-bond acceptors (Lipinski definition) is 4. The predicted molar refractivity (Wildman–Crippen MR) is 84.5 cm³/mol. The van der Waals surface area contributed by atoms with Crippen molar-refractivity contribution in [3.63, 3.8) is 0 Å². The number of ether oxygens (including phenoxy) is 1. The highest BCUT2D eigenvalue weighted by Crippen LogP contribution is 2.25. The van der Waals surface area contributed by atoms with Gasteiger partial charge in [0.1, 0.15) is 16.4 Å². The van der Waals surface area contributed by atoms with E-state index in [1.54, 1.807) is 31.4 Å². The van der Waals surface area contributed by atoms with Crippen LogP contribution in [0.4, 0.5) is 0 Å². The standard InChI is InChI=1S/C16H21NO4S/c1-4-20-15-8-7-12(2)10-16(15)22(18,19)17-13(3)11-14-6-5-9-21-14/h5-10,13,17H,4,11H2,1-3H3. The summed E-state index contributed by atoms with van der Waals surface area (Å²) in [6, 6.07) is 8.45. The fourth-order valence-corrected chi connectivity index (χ4v) is 3.67. The van der Waals surface area contributed by atoms with Crippen LogP contribution in [-0.4, -0.2) is 21.1 Å². The number of sulfonamides is 1. The van der Waals surface area contributed by atoms with Crippen molar-refractivity contribution < 1.29 is 17.6 Å². The van der Waals surface area contributed by atoms with E-state index < -0.39 is 10.0 Å². The number of hydrogen-bond donors (Lipinski definition) is 1. The molecule has 1 aromatic carbocycles. The largest absolute Gasteiger partial charge is 0.492 e. The highest BCUT2D eigenvalue weighted by atomic mass is 32.2. The number of rotatable bonds is 7. The maximum atomic E-state index is 12.6. The van der Waals surface area contributed by atoms with Crippen molar-refractivity contribution in [1.29, 1.82) is 0 Å². The lowest BCUT2D eigenvalue weighted by molar-refractivity contribution is 0.330. The normalized spacial score (nSPS) is 13.0. The van der Waals surface area contributed by atoms with Crippen molar-refractivity contribution in [3.05, 3.63) is 47.9 Å². The van der Waals surface area contributed by atoms with Gasteiger partial charge in [-0.2, -0.15) is 0 Å². The first kappa shape index (κ1) is 16.6. The zero-order chi connectivity index (χ0) is 16.2. The molecule has 22 heavy (non-hydrogen) atoms. The van der Waals surface area contributed by atoms with E-state index >= 15 is 0 Å². The Morgan fingerprint density at radius 3 is 2.73 bits per heavy atom. The molecule has 1 N–H and O–H groups in total. The fraction of sp³-hybridized carbons (Fsp3) is 0.375. The van der Waals surface area contributed by atoms with Crippen molar-refractivity contribution in [2.24, 2.45) is 0 Å². The Morgan fingerprint density at radius 1 is 1.32 bits per heavy atom. The van der Waals surface area contributed by atoms with Crippen LogP contribution in [0.2, 0.25) is 0 Å². The molecule has 0 fully saturated rings. The first-order chi connectivity index (χ1) is 10.4. The summed E-state index contributed by atoms with van der Waals surface area (Å²) in [5.74, 6) is 1.11. The monoisotopic (exact) mass is 323 g/mol. The molecule has 0 amide bonds. The van der Waals surface area contributed by atoms with E-state index in [2.05, 4.69) is 4.72 Å². The van der Waals surface area contributed by atoms with E-state index in [1.807, 2.05) is 26.0 Å². The fourth-order valence-electron chi connectivity index (χ4n) is 2.20. The van der Waals surface area contributed by atoms with Gasteiger partial charge in [0.05, 0.1) is 12.9 Å². The lowest BCUT2D eigenvalue weighted by Crippen LogP contribution is -2.34. The van der Waals surface area contributed by atoms with Gasteiger partial charge in [-0.1, -0.05) is 6.07 Å². The van der Waals surface area contributed by atoms with Crippen LogP contribution in [0.15, 0.2) is 45.9 Å². The Morgan fingerprint density at radius 2 is 2.09 bits per heavy atom. The SMILES string of the molecule is CCOc1ccc(C)cc1S(=O)(=O)NC(C)Cc1ccco1. The molecule has 0 aliphatic heterocycles. The van der Waals surface area contributed by atoms with E-state index in [0.717, 1.165) is 11.3 Å². The van der Waals surface area contributed by atoms with Crippen LogP contribution in [0.1, 0.15) is 25.2 Å². The van der Waals surface area contributed by atoms with Crippen LogP contribution >= 0.6 is 0 Å². The van der Waals surface area contributed by atoms with Crippen LogP contribution < -0.4 is 9.46 Å². The molecule has 1 unspecified atom stereocenters. The summed E-state index contributed by atoms with van der Waals surface area (Å²) in [6.45, 7) is 5.88. The molecule has 0 aliphatic rings. The molecule has 1 heterocycles. The summed E-state index contributed by atoms with van der Waals surface area (Å²) in [7, 11) is -3.65. The summed E-state index contributed by atoms with van der Waals surface area (Å²) < 4.78 is 38.5. The summed E-state index contributed by atoms with van der Waals surface area (Å²) in [4.78, 5) is 0.167. The molecular weight excluding hydrogens is 302 g/mol. The molecule has 0 saturated carbocycles. The number of aryl methyl sites for hydroxylation is 1. The summed E-state index contributed by atoms with van der Waals surface area (Å²) in [5, 5.41) is 0. The molecule has 6 heteroatoms. The number of benzene rings is 1. The lowest BCUT2D eigenvalue weighted by atomic mass is 10.2. The Labute approximate surface area is 131 Å². The van der Waals surface area contributed by atoms with Crippen molar-refractivity contribution in [2.75, 3.05) is 6.61 Å². The molecule has 0 spiro atoms. The molecule has 2 rings (SSSR count). The van der Waals surface area contributed by atoms with Gasteiger partial charge in [0.25, 0.3) is 0 Å². The third-order valence-corrected chi connectivity index (χ3v) is 4.74. The van der Waals surface area contributed by atoms with E-state index in [-0.39, 0.29) is 10.9 Å². The minimum absolute atomic E-state index is 0.167. The molecule has 0 aliphatic carbocycles. The third-order valence-electron chi connectivity index (χ3n) is 3.13. The molecule has 0 saturated heterocycles. The maximum absolute atomic E-state index is 12.6.